The van der Waals surface area contributed by atoms with Gasteiger partial charge in [-0.1, -0.05) is 41.6 Å². The first-order valence-corrected chi connectivity index (χ1v) is 12.7. The average molecular weight is 525 g/mol. The lowest BCUT2D eigenvalue weighted by Crippen LogP contribution is -2.62. The van der Waals surface area contributed by atoms with E-state index >= 15 is 0 Å². The van der Waals surface area contributed by atoms with Crippen molar-refractivity contribution in [2.24, 2.45) is 0 Å². The highest BCUT2D eigenvalue weighted by atomic mass is 35.5. The van der Waals surface area contributed by atoms with Gasteiger partial charge in [-0.05, 0) is 49.5 Å². The Hall–Kier alpha value is -2.72. The molecule has 0 bridgehead atoms. The lowest BCUT2D eigenvalue weighted by Gasteiger charge is -2.42. The van der Waals surface area contributed by atoms with Crippen LogP contribution in [0.15, 0.2) is 65.4 Å². The van der Waals surface area contributed by atoms with Crippen LogP contribution in [0.1, 0.15) is 22.9 Å². The quantitative estimate of drug-likeness (QED) is 0.479. The van der Waals surface area contributed by atoms with Crippen LogP contribution in [0.2, 0.25) is 5.02 Å². The Labute approximate surface area is 217 Å². The van der Waals surface area contributed by atoms with Crippen LogP contribution in [0.3, 0.4) is 0 Å². The predicted molar refractivity (Wildman–Crippen MR) is 138 cm³/mol. The summed E-state index contributed by atoms with van der Waals surface area (Å²) in [4.78, 5) is 38.7. The van der Waals surface area contributed by atoms with Crippen molar-refractivity contribution < 1.29 is 14.0 Å². The van der Waals surface area contributed by atoms with E-state index in [0.29, 0.717) is 27.2 Å². The second-order valence-electron chi connectivity index (χ2n) is 9.00. The first-order valence-electron chi connectivity index (χ1n) is 11.1. The highest BCUT2D eigenvalue weighted by Gasteiger charge is 2.78. The monoisotopic (exact) mass is 524 g/mol. The van der Waals surface area contributed by atoms with Crippen molar-refractivity contribution in [2.45, 2.75) is 22.7 Å². The largest absolute Gasteiger partial charge is 0.467 e. The van der Waals surface area contributed by atoms with E-state index < -0.39 is 16.2 Å². The Bertz CT molecular complexity index is 1370. The van der Waals surface area contributed by atoms with Gasteiger partial charge in [0.15, 0.2) is 5.54 Å². The molecule has 0 unspecified atom stereocenters. The number of hydrogen-bond acceptors (Lipinski definition) is 7. The van der Waals surface area contributed by atoms with Crippen LogP contribution < -0.4 is 4.90 Å². The van der Waals surface area contributed by atoms with Crippen LogP contribution in [0.25, 0.3) is 0 Å². The number of pyridine rings is 1. The molecule has 10 heteroatoms. The molecule has 35 heavy (non-hydrogen) atoms. The Morgan fingerprint density at radius 1 is 1.17 bits per heavy atom. The van der Waals surface area contributed by atoms with E-state index in [1.54, 1.807) is 41.4 Å². The summed E-state index contributed by atoms with van der Waals surface area (Å²) in [7, 11) is 3.63. The summed E-state index contributed by atoms with van der Waals surface area (Å²) in [5, 5.41) is 0.501. The number of halogens is 1. The Balaban J connectivity index is 1.62. The van der Waals surface area contributed by atoms with Crippen molar-refractivity contribution in [3.05, 3.63) is 83.0 Å². The van der Waals surface area contributed by atoms with Gasteiger partial charge >= 0.3 is 0 Å². The summed E-state index contributed by atoms with van der Waals surface area (Å²) in [6.07, 6.45) is 3.28. The van der Waals surface area contributed by atoms with Gasteiger partial charge in [-0.3, -0.25) is 24.4 Å². The number of aromatic nitrogens is 1. The Morgan fingerprint density at radius 2 is 2.00 bits per heavy atom. The highest BCUT2D eigenvalue weighted by molar-refractivity contribution is 8.25. The summed E-state index contributed by atoms with van der Waals surface area (Å²) < 4.78 is 4.66. The van der Waals surface area contributed by atoms with Crippen molar-refractivity contribution >= 4 is 57.4 Å². The van der Waals surface area contributed by atoms with Gasteiger partial charge in [0.25, 0.3) is 5.91 Å². The molecule has 3 aliphatic heterocycles. The molecular formula is C25H21ClN4O3S2. The standard InChI is InChI=1S/C25H21ClN4O3S2/c1-28-14-18(19-7-3-4-10-27-19)25(22(32)30(23(34)35-25)13-16-6-5-11-33-16)24(28)17-12-15(26)8-9-20(17)29(2)21(24)31/h3-12,18H,13-14H2,1-2H3/t18-,24+,25-/m1/s1. The zero-order valence-electron chi connectivity index (χ0n) is 19.0. The maximum atomic E-state index is 14.6. The van der Waals surface area contributed by atoms with E-state index in [1.165, 1.54) is 11.8 Å². The molecule has 3 aromatic rings. The van der Waals surface area contributed by atoms with E-state index in [-0.39, 0.29) is 18.4 Å². The average Bonchev–Trinajstić information content (AvgIpc) is 3.57. The van der Waals surface area contributed by atoms with E-state index in [0.717, 1.165) is 11.4 Å². The van der Waals surface area contributed by atoms with Gasteiger partial charge in [-0.25, -0.2) is 0 Å². The Kier molecular flexibility index (Phi) is 5.12. The number of furan rings is 1. The number of likely N-dealkylation sites (tertiary alicyclic amines) is 1. The zero-order valence-corrected chi connectivity index (χ0v) is 21.4. The van der Waals surface area contributed by atoms with Crippen LogP contribution in [0, 0.1) is 0 Å². The van der Waals surface area contributed by atoms with Gasteiger partial charge in [0.2, 0.25) is 5.91 Å². The number of thioether (sulfide) groups is 1. The van der Waals surface area contributed by atoms with Gasteiger partial charge in [-0.2, -0.15) is 0 Å². The van der Waals surface area contributed by atoms with E-state index in [9.17, 15) is 9.59 Å². The molecular weight excluding hydrogens is 504 g/mol. The number of amides is 2. The van der Waals surface area contributed by atoms with E-state index in [2.05, 4.69) is 4.98 Å². The minimum Gasteiger partial charge on any atom is -0.467 e. The van der Waals surface area contributed by atoms with Crippen LogP contribution in [0.4, 0.5) is 5.69 Å². The SMILES string of the molecule is CN1C(=O)[C@]2(c3cc(Cl)ccc31)N(C)C[C@H](c1ccccn1)[C@]21SC(=S)N(Cc2ccco2)C1=O. The summed E-state index contributed by atoms with van der Waals surface area (Å²) in [5.74, 6) is -0.183. The van der Waals surface area contributed by atoms with Crippen LogP contribution >= 0.6 is 35.6 Å². The molecule has 1 aromatic carbocycles. The van der Waals surface area contributed by atoms with Gasteiger partial charge in [0.1, 0.15) is 14.8 Å². The maximum absolute atomic E-state index is 14.6. The van der Waals surface area contributed by atoms with Crippen molar-refractivity contribution in [3.8, 4) is 0 Å². The van der Waals surface area contributed by atoms with Gasteiger partial charge in [0, 0.05) is 47.7 Å². The molecule has 0 N–H and O–H groups in total. The van der Waals surface area contributed by atoms with Gasteiger partial charge in [0.05, 0.1) is 12.8 Å². The molecule has 0 radical (unpaired) electrons. The number of thiocarbonyl (C=S) groups is 1. The van der Waals surface area contributed by atoms with Crippen molar-refractivity contribution in [1.29, 1.82) is 0 Å². The molecule has 6 rings (SSSR count). The van der Waals surface area contributed by atoms with Gasteiger partial charge < -0.3 is 9.32 Å². The zero-order chi connectivity index (χ0) is 24.5. The first-order chi connectivity index (χ1) is 16.8. The van der Waals surface area contributed by atoms with Crippen molar-refractivity contribution in [3.63, 3.8) is 0 Å². The smallest absolute Gasteiger partial charge is 0.254 e. The number of benzene rings is 1. The fourth-order valence-electron chi connectivity index (χ4n) is 5.91. The molecule has 2 amide bonds. The fourth-order valence-corrected chi connectivity index (χ4v) is 8.19. The minimum absolute atomic E-state index is 0.181. The number of carbonyl (C=O) groups is 2. The van der Waals surface area contributed by atoms with Crippen molar-refractivity contribution in [2.75, 3.05) is 25.5 Å². The first kappa shape index (κ1) is 22.7. The molecule has 0 saturated carbocycles. The predicted octanol–water partition coefficient (Wildman–Crippen LogP) is 4.03. The molecule has 178 valence electrons. The number of rotatable bonds is 3. The lowest BCUT2D eigenvalue weighted by molar-refractivity contribution is -0.139. The number of fused-ring (bicyclic) bond motifs is 3. The lowest BCUT2D eigenvalue weighted by atomic mass is 9.73. The molecule has 3 aliphatic rings. The summed E-state index contributed by atoms with van der Waals surface area (Å²) >= 11 is 13.5. The molecule has 7 nitrogen and oxygen atoms in total. The topological polar surface area (TPSA) is 69.9 Å². The second kappa shape index (κ2) is 7.89. The third-order valence-corrected chi connectivity index (χ3v) is 9.53. The number of anilines is 1. The second-order valence-corrected chi connectivity index (χ2v) is 11.3. The Morgan fingerprint density at radius 3 is 2.71 bits per heavy atom. The van der Waals surface area contributed by atoms with E-state index in [4.69, 9.17) is 28.2 Å². The third kappa shape index (κ3) is 2.83. The number of hydrogen-bond donors (Lipinski definition) is 0. The molecule has 2 fully saturated rings. The minimum atomic E-state index is -1.31. The van der Waals surface area contributed by atoms with Crippen LogP contribution in [-0.4, -0.2) is 56.3 Å². The van der Waals surface area contributed by atoms with Crippen LogP contribution in [-0.2, 0) is 21.7 Å². The molecule has 2 spiro atoms. The van der Waals surface area contributed by atoms with Gasteiger partial charge in [-0.15, -0.1) is 0 Å². The molecule has 0 aliphatic carbocycles. The number of likely N-dealkylation sites (N-methyl/N-ethyl adjacent to an activating group) is 2. The maximum Gasteiger partial charge on any atom is 0.254 e. The number of nitrogens with zero attached hydrogens (tertiary/aromatic N) is 4. The normalized spacial score (nSPS) is 28.2. The third-order valence-electron chi connectivity index (χ3n) is 7.35. The van der Waals surface area contributed by atoms with Crippen LogP contribution in [0.5, 0.6) is 0 Å². The summed E-state index contributed by atoms with van der Waals surface area (Å²) in [6.45, 7) is 0.638. The summed E-state index contributed by atoms with van der Waals surface area (Å²) in [5.41, 5.74) is 0.872. The molecule has 2 aromatic heterocycles. The molecule has 3 atom stereocenters. The fraction of sp³-hybridized carbons (Fsp3) is 0.280. The molecule has 2 saturated heterocycles. The number of carbonyl (C=O) groups excluding carboxylic acids is 2. The highest BCUT2D eigenvalue weighted by Crippen LogP contribution is 2.66. The molecule has 5 heterocycles. The van der Waals surface area contributed by atoms with E-state index in [1.807, 2.05) is 48.3 Å². The summed E-state index contributed by atoms with van der Waals surface area (Å²) in [6, 6.07) is 14.6. The van der Waals surface area contributed by atoms with Crippen molar-refractivity contribution in [1.82, 2.24) is 14.8 Å².